The highest BCUT2D eigenvalue weighted by Gasteiger charge is 2.07. The Bertz CT molecular complexity index is 809. The minimum atomic E-state index is -0.121. The van der Waals surface area contributed by atoms with Crippen LogP contribution in [0.1, 0.15) is 11.1 Å². The number of ether oxygens (including phenoxy) is 3. The molecular formula is C20H19BrO4. The summed E-state index contributed by atoms with van der Waals surface area (Å²) in [7, 11) is 4.76. The highest BCUT2D eigenvalue weighted by atomic mass is 79.9. The highest BCUT2D eigenvalue weighted by molar-refractivity contribution is 9.10. The van der Waals surface area contributed by atoms with E-state index in [0.29, 0.717) is 11.5 Å². The maximum atomic E-state index is 12.1. The SMILES string of the molecule is COc1cccc(/C=C/C(=O)/C=C/c2cc(OC)c(OC)cc2Br)c1. The fourth-order valence-electron chi connectivity index (χ4n) is 2.15. The van der Waals surface area contributed by atoms with Crippen molar-refractivity contribution in [3.63, 3.8) is 0 Å². The lowest BCUT2D eigenvalue weighted by atomic mass is 10.1. The Morgan fingerprint density at radius 3 is 2.28 bits per heavy atom. The summed E-state index contributed by atoms with van der Waals surface area (Å²) in [6, 6.07) is 11.1. The van der Waals surface area contributed by atoms with Gasteiger partial charge in [-0.2, -0.15) is 0 Å². The van der Waals surface area contributed by atoms with Gasteiger partial charge in [0, 0.05) is 4.47 Å². The minimum absolute atomic E-state index is 0.121. The van der Waals surface area contributed by atoms with Gasteiger partial charge in [0.2, 0.25) is 0 Å². The highest BCUT2D eigenvalue weighted by Crippen LogP contribution is 2.33. The summed E-state index contributed by atoms with van der Waals surface area (Å²) in [5, 5.41) is 0. The first kappa shape index (κ1) is 18.8. The zero-order valence-electron chi connectivity index (χ0n) is 14.3. The number of carbonyl (C=O) groups is 1. The van der Waals surface area contributed by atoms with Crippen molar-refractivity contribution >= 4 is 33.9 Å². The summed E-state index contributed by atoms with van der Waals surface area (Å²) in [6.45, 7) is 0. The van der Waals surface area contributed by atoms with E-state index in [-0.39, 0.29) is 5.78 Å². The summed E-state index contributed by atoms with van der Waals surface area (Å²) in [5.74, 6) is 1.85. The van der Waals surface area contributed by atoms with Crippen LogP contribution in [0.4, 0.5) is 0 Å². The molecule has 0 spiro atoms. The first-order valence-corrected chi connectivity index (χ1v) is 8.32. The summed E-state index contributed by atoms with van der Waals surface area (Å²) in [6.07, 6.45) is 6.49. The molecule has 0 aromatic heterocycles. The third-order valence-electron chi connectivity index (χ3n) is 3.46. The molecule has 0 N–H and O–H groups in total. The number of methoxy groups -OCH3 is 3. The van der Waals surface area contributed by atoms with E-state index in [1.165, 1.54) is 12.2 Å². The van der Waals surface area contributed by atoms with E-state index in [4.69, 9.17) is 14.2 Å². The molecule has 130 valence electrons. The molecule has 0 fully saturated rings. The average molecular weight is 403 g/mol. The van der Waals surface area contributed by atoms with E-state index >= 15 is 0 Å². The van der Waals surface area contributed by atoms with Crippen molar-refractivity contribution in [2.75, 3.05) is 21.3 Å². The number of carbonyl (C=O) groups excluding carboxylic acids is 1. The molecule has 0 unspecified atom stereocenters. The number of allylic oxidation sites excluding steroid dienone is 2. The predicted molar refractivity (Wildman–Crippen MR) is 103 cm³/mol. The molecule has 25 heavy (non-hydrogen) atoms. The topological polar surface area (TPSA) is 44.8 Å². The number of hydrogen-bond donors (Lipinski definition) is 0. The van der Waals surface area contributed by atoms with Crippen LogP contribution < -0.4 is 14.2 Å². The maximum absolute atomic E-state index is 12.1. The summed E-state index contributed by atoms with van der Waals surface area (Å²) in [5.41, 5.74) is 1.72. The number of rotatable bonds is 7. The largest absolute Gasteiger partial charge is 0.497 e. The van der Waals surface area contributed by atoms with Gasteiger partial charge < -0.3 is 14.2 Å². The standard InChI is InChI=1S/C20H19BrO4/c1-23-17-6-4-5-14(11-17)7-9-16(22)10-8-15-12-19(24-2)20(25-3)13-18(15)21/h4-13H,1-3H3/b9-7+,10-8+. The van der Waals surface area contributed by atoms with E-state index < -0.39 is 0 Å². The Morgan fingerprint density at radius 2 is 1.60 bits per heavy atom. The lowest BCUT2D eigenvalue weighted by Gasteiger charge is -2.09. The van der Waals surface area contributed by atoms with Crippen molar-refractivity contribution in [1.82, 2.24) is 0 Å². The molecule has 2 aromatic rings. The lowest BCUT2D eigenvalue weighted by molar-refractivity contribution is -0.110. The molecule has 0 saturated carbocycles. The van der Waals surface area contributed by atoms with Gasteiger partial charge in [-0.25, -0.2) is 0 Å². The number of hydrogen-bond acceptors (Lipinski definition) is 4. The molecule has 0 amide bonds. The molecule has 0 aliphatic heterocycles. The quantitative estimate of drug-likeness (QED) is 0.625. The van der Waals surface area contributed by atoms with Gasteiger partial charge in [-0.05, 0) is 53.6 Å². The summed E-state index contributed by atoms with van der Waals surface area (Å²) in [4.78, 5) is 12.1. The van der Waals surface area contributed by atoms with Gasteiger partial charge in [0.25, 0.3) is 0 Å². The van der Waals surface area contributed by atoms with Gasteiger partial charge in [0.1, 0.15) is 5.75 Å². The Morgan fingerprint density at radius 1 is 0.920 bits per heavy atom. The Hall–Kier alpha value is -2.53. The molecule has 5 heteroatoms. The molecule has 0 aliphatic carbocycles. The van der Waals surface area contributed by atoms with Gasteiger partial charge in [0.05, 0.1) is 21.3 Å². The van der Waals surface area contributed by atoms with Crippen molar-refractivity contribution in [3.8, 4) is 17.2 Å². The molecular weight excluding hydrogens is 384 g/mol. The van der Waals surface area contributed by atoms with Crippen LogP contribution in [0.15, 0.2) is 53.0 Å². The average Bonchev–Trinajstić information content (AvgIpc) is 2.65. The Balaban J connectivity index is 2.13. The Kier molecular flexibility index (Phi) is 6.83. The number of halogens is 1. The molecule has 0 bridgehead atoms. The zero-order chi connectivity index (χ0) is 18.2. The van der Waals surface area contributed by atoms with Gasteiger partial charge in [-0.3, -0.25) is 4.79 Å². The second-order valence-electron chi connectivity index (χ2n) is 5.07. The third-order valence-corrected chi connectivity index (χ3v) is 4.15. The van der Waals surface area contributed by atoms with Crippen LogP contribution in [-0.2, 0) is 4.79 Å². The molecule has 4 nitrogen and oxygen atoms in total. The van der Waals surface area contributed by atoms with Crippen molar-refractivity contribution in [3.05, 3.63) is 64.1 Å². The van der Waals surface area contributed by atoms with Crippen molar-refractivity contribution in [2.24, 2.45) is 0 Å². The normalized spacial score (nSPS) is 11.0. The van der Waals surface area contributed by atoms with Crippen LogP contribution in [0.3, 0.4) is 0 Å². The van der Waals surface area contributed by atoms with Gasteiger partial charge in [-0.1, -0.05) is 34.1 Å². The van der Waals surface area contributed by atoms with E-state index in [0.717, 1.165) is 21.3 Å². The summed E-state index contributed by atoms with van der Waals surface area (Å²) >= 11 is 3.46. The van der Waals surface area contributed by atoms with Crippen LogP contribution in [0, 0.1) is 0 Å². The van der Waals surface area contributed by atoms with Crippen LogP contribution in [0.2, 0.25) is 0 Å². The van der Waals surface area contributed by atoms with E-state index in [2.05, 4.69) is 15.9 Å². The molecule has 0 atom stereocenters. The molecule has 2 rings (SSSR count). The van der Waals surface area contributed by atoms with Gasteiger partial charge in [-0.15, -0.1) is 0 Å². The second kappa shape index (κ2) is 9.08. The first-order valence-electron chi connectivity index (χ1n) is 7.53. The molecule has 0 radical (unpaired) electrons. The molecule has 0 aliphatic rings. The monoisotopic (exact) mass is 402 g/mol. The zero-order valence-corrected chi connectivity index (χ0v) is 15.9. The van der Waals surface area contributed by atoms with Gasteiger partial charge >= 0.3 is 0 Å². The van der Waals surface area contributed by atoms with Crippen LogP contribution in [0.5, 0.6) is 17.2 Å². The summed E-state index contributed by atoms with van der Waals surface area (Å²) < 4.78 is 16.5. The number of benzene rings is 2. The van der Waals surface area contributed by atoms with Gasteiger partial charge in [0.15, 0.2) is 17.3 Å². The number of ketones is 1. The molecule has 0 saturated heterocycles. The predicted octanol–water partition coefficient (Wildman–Crippen LogP) is 4.77. The fourth-order valence-corrected chi connectivity index (χ4v) is 2.60. The van der Waals surface area contributed by atoms with E-state index in [9.17, 15) is 4.79 Å². The minimum Gasteiger partial charge on any atom is -0.497 e. The van der Waals surface area contributed by atoms with Crippen LogP contribution in [0.25, 0.3) is 12.2 Å². The Labute approximate surface area is 155 Å². The smallest absolute Gasteiger partial charge is 0.178 e. The van der Waals surface area contributed by atoms with E-state index in [1.807, 2.05) is 24.3 Å². The van der Waals surface area contributed by atoms with Crippen molar-refractivity contribution in [2.45, 2.75) is 0 Å². The van der Waals surface area contributed by atoms with Crippen molar-refractivity contribution in [1.29, 1.82) is 0 Å². The maximum Gasteiger partial charge on any atom is 0.178 e. The van der Waals surface area contributed by atoms with E-state index in [1.54, 1.807) is 45.6 Å². The second-order valence-corrected chi connectivity index (χ2v) is 5.93. The molecule has 0 heterocycles. The molecule has 2 aromatic carbocycles. The lowest BCUT2D eigenvalue weighted by Crippen LogP contribution is -1.92. The van der Waals surface area contributed by atoms with Crippen molar-refractivity contribution < 1.29 is 19.0 Å². The first-order chi connectivity index (χ1) is 12.1. The van der Waals surface area contributed by atoms with Crippen LogP contribution in [-0.4, -0.2) is 27.1 Å². The third kappa shape index (κ3) is 5.22. The fraction of sp³-hybridized carbons (Fsp3) is 0.150. The van der Waals surface area contributed by atoms with Crippen LogP contribution >= 0.6 is 15.9 Å².